The first-order chi connectivity index (χ1) is 9.69. The fourth-order valence-electron chi connectivity index (χ4n) is 1.97. The molecule has 0 aliphatic heterocycles. The molecule has 0 fully saturated rings. The minimum absolute atomic E-state index is 0.0904. The third-order valence-corrected chi connectivity index (χ3v) is 3.13. The molecule has 1 aromatic carbocycles. The van der Waals surface area contributed by atoms with E-state index in [1.54, 1.807) is 24.3 Å². The number of carbonyl (C=O) groups is 2. The van der Waals surface area contributed by atoms with Gasteiger partial charge in [-0.1, -0.05) is 30.4 Å². The van der Waals surface area contributed by atoms with Crippen LogP contribution in [-0.4, -0.2) is 11.6 Å². The van der Waals surface area contributed by atoms with E-state index in [1.165, 1.54) is 0 Å². The van der Waals surface area contributed by atoms with E-state index >= 15 is 0 Å². The molecular weight excluding hydrogens is 248 g/mol. The quantitative estimate of drug-likeness (QED) is 0.349. The van der Waals surface area contributed by atoms with Gasteiger partial charge in [0, 0.05) is 24.0 Å². The van der Waals surface area contributed by atoms with Crippen molar-refractivity contribution in [2.45, 2.75) is 38.5 Å². The lowest BCUT2D eigenvalue weighted by molar-refractivity contribution is 0.0979. The average Bonchev–Trinajstić information content (AvgIpc) is 2.47. The number of carbonyl (C=O) groups excluding carboxylic acids is 2. The van der Waals surface area contributed by atoms with Crippen LogP contribution in [0, 0.1) is 0 Å². The predicted octanol–water partition coefficient (Wildman–Crippen LogP) is 4.76. The van der Waals surface area contributed by atoms with E-state index in [-0.39, 0.29) is 11.6 Å². The monoisotopic (exact) mass is 270 g/mol. The van der Waals surface area contributed by atoms with E-state index in [1.807, 2.05) is 12.2 Å². The minimum atomic E-state index is 0.0904. The van der Waals surface area contributed by atoms with Gasteiger partial charge in [-0.25, -0.2) is 0 Å². The molecule has 0 saturated heterocycles. The fourth-order valence-corrected chi connectivity index (χ4v) is 1.97. The van der Waals surface area contributed by atoms with Gasteiger partial charge in [0.05, 0.1) is 0 Å². The number of unbranched alkanes of at least 4 members (excludes halogenated alkanes) is 2. The van der Waals surface area contributed by atoms with Crippen LogP contribution in [0.1, 0.15) is 59.2 Å². The van der Waals surface area contributed by atoms with Gasteiger partial charge in [0.15, 0.2) is 11.6 Å². The van der Waals surface area contributed by atoms with Crippen LogP contribution in [0.3, 0.4) is 0 Å². The summed E-state index contributed by atoms with van der Waals surface area (Å²) in [5, 5.41) is 0. The highest BCUT2D eigenvalue weighted by Gasteiger charge is 2.10. The Bertz CT molecular complexity index is 445. The Morgan fingerprint density at radius 1 is 0.900 bits per heavy atom. The molecule has 1 aromatic rings. The highest BCUT2D eigenvalue weighted by molar-refractivity contribution is 6.01. The van der Waals surface area contributed by atoms with Gasteiger partial charge in [-0.2, -0.15) is 0 Å². The smallest absolute Gasteiger partial charge is 0.162 e. The zero-order chi connectivity index (χ0) is 14.8. The van der Waals surface area contributed by atoms with Crippen LogP contribution in [0.2, 0.25) is 0 Å². The van der Waals surface area contributed by atoms with Gasteiger partial charge in [-0.15, -0.1) is 13.2 Å². The number of hydrogen-bond donors (Lipinski definition) is 0. The normalized spacial score (nSPS) is 10.0. The highest BCUT2D eigenvalue weighted by Crippen LogP contribution is 2.13. The van der Waals surface area contributed by atoms with Crippen molar-refractivity contribution >= 4 is 11.6 Å². The van der Waals surface area contributed by atoms with Crippen LogP contribution in [0.5, 0.6) is 0 Å². The Morgan fingerprint density at radius 2 is 1.35 bits per heavy atom. The van der Waals surface area contributed by atoms with E-state index in [4.69, 9.17) is 0 Å². The van der Waals surface area contributed by atoms with Crippen LogP contribution < -0.4 is 0 Å². The summed E-state index contributed by atoms with van der Waals surface area (Å²) in [6, 6.07) is 7.04. The maximum absolute atomic E-state index is 12.0. The van der Waals surface area contributed by atoms with Crippen LogP contribution in [0.4, 0.5) is 0 Å². The minimum Gasteiger partial charge on any atom is -0.294 e. The molecule has 0 aliphatic carbocycles. The standard InChI is InChI=1S/C18H22O2/c1-3-5-7-12-17(19)15-10-9-11-16(14-15)18(20)13-8-6-4-2/h3-4,9-11,14H,1-2,5-8,12-13H2. The second kappa shape index (κ2) is 9.03. The van der Waals surface area contributed by atoms with Gasteiger partial charge in [0.2, 0.25) is 0 Å². The van der Waals surface area contributed by atoms with Gasteiger partial charge in [0.25, 0.3) is 0 Å². The Balaban J connectivity index is 2.64. The van der Waals surface area contributed by atoms with Crippen molar-refractivity contribution < 1.29 is 9.59 Å². The third-order valence-electron chi connectivity index (χ3n) is 3.13. The summed E-state index contributed by atoms with van der Waals surface area (Å²) in [5.74, 6) is 0.181. The number of hydrogen-bond acceptors (Lipinski definition) is 2. The molecule has 20 heavy (non-hydrogen) atoms. The first-order valence-electron chi connectivity index (χ1n) is 7.07. The van der Waals surface area contributed by atoms with Crippen LogP contribution in [-0.2, 0) is 0 Å². The molecule has 0 radical (unpaired) electrons. The Kier molecular flexibility index (Phi) is 7.26. The molecular formula is C18H22O2. The zero-order valence-electron chi connectivity index (χ0n) is 11.9. The topological polar surface area (TPSA) is 34.1 Å². The largest absolute Gasteiger partial charge is 0.294 e. The molecule has 0 aliphatic rings. The van der Waals surface area contributed by atoms with Crippen LogP contribution in [0.25, 0.3) is 0 Å². The van der Waals surface area contributed by atoms with Crippen molar-refractivity contribution in [1.82, 2.24) is 0 Å². The summed E-state index contributed by atoms with van der Waals surface area (Å²) < 4.78 is 0. The van der Waals surface area contributed by atoms with E-state index in [0.717, 1.165) is 25.7 Å². The third kappa shape index (κ3) is 5.35. The zero-order valence-corrected chi connectivity index (χ0v) is 11.9. The molecule has 0 spiro atoms. The summed E-state index contributed by atoms with van der Waals surface area (Å²) in [6.45, 7) is 7.28. The SMILES string of the molecule is C=CCCCC(=O)c1cccc(C(=O)CCCC=C)c1. The van der Waals surface area contributed by atoms with E-state index < -0.39 is 0 Å². The van der Waals surface area contributed by atoms with Crippen molar-refractivity contribution in [2.24, 2.45) is 0 Å². The van der Waals surface area contributed by atoms with Gasteiger partial charge < -0.3 is 0 Å². The first kappa shape index (κ1) is 16.1. The number of ketones is 2. The van der Waals surface area contributed by atoms with E-state index in [9.17, 15) is 9.59 Å². The van der Waals surface area contributed by atoms with Gasteiger partial charge in [-0.3, -0.25) is 9.59 Å². The maximum Gasteiger partial charge on any atom is 0.162 e. The van der Waals surface area contributed by atoms with Crippen molar-refractivity contribution in [3.8, 4) is 0 Å². The molecule has 1 rings (SSSR count). The van der Waals surface area contributed by atoms with Crippen molar-refractivity contribution in [3.63, 3.8) is 0 Å². The lowest BCUT2D eigenvalue weighted by atomic mass is 9.99. The van der Waals surface area contributed by atoms with Crippen LogP contribution >= 0.6 is 0 Å². The summed E-state index contributed by atoms with van der Waals surface area (Å²) in [6.07, 6.45) is 7.91. The van der Waals surface area contributed by atoms with Gasteiger partial charge in [0.1, 0.15) is 0 Å². The first-order valence-corrected chi connectivity index (χ1v) is 7.07. The Morgan fingerprint density at radius 3 is 1.75 bits per heavy atom. The number of Topliss-reactive ketones (excluding diaryl/α,β-unsaturated/α-hetero) is 2. The highest BCUT2D eigenvalue weighted by atomic mass is 16.1. The van der Waals surface area contributed by atoms with Crippen LogP contribution in [0.15, 0.2) is 49.6 Å². The number of benzene rings is 1. The predicted molar refractivity (Wildman–Crippen MR) is 83.2 cm³/mol. The lowest BCUT2D eigenvalue weighted by Crippen LogP contribution is -2.03. The maximum atomic E-state index is 12.0. The lowest BCUT2D eigenvalue weighted by Gasteiger charge is -2.04. The van der Waals surface area contributed by atoms with Crippen molar-refractivity contribution in [1.29, 1.82) is 0 Å². The fraction of sp³-hybridized carbons (Fsp3) is 0.333. The molecule has 0 N–H and O–H groups in total. The molecule has 0 atom stereocenters. The van der Waals surface area contributed by atoms with E-state index in [0.29, 0.717) is 24.0 Å². The molecule has 2 nitrogen and oxygen atoms in total. The Hall–Kier alpha value is -1.96. The molecule has 0 heterocycles. The molecule has 0 unspecified atom stereocenters. The average molecular weight is 270 g/mol. The van der Waals surface area contributed by atoms with E-state index in [2.05, 4.69) is 13.2 Å². The summed E-state index contributed by atoms with van der Waals surface area (Å²) >= 11 is 0. The van der Waals surface area contributed by atoms with Crippen molar-refractivity contribution in [2.75, 3.05) is 0 Å². The summed E-state index contributed by atoms with van der Waals surface area (Å²) in [5.41, 5.74) is 1.26. The van der Waals surface area contributed by atoms with Gasteiger partial charge in [-0.05, 0) is 31.7 Å². The molecule has 2 heteroatoms. The summed E-state index contributed by atoms with van der Waals surface area (Å²) in [7, 11) is 0. The number of allylic oxidation sites excluding steroid dienone is 2. The molecule has 0 aromatic heterocycles. The molecule has 106 valence electrons. The van der Waals surface area contributed by atoms with Crippen molar-refractivity contribution in [3.05, 3.63) is 60.7 Å². The molecule has 0 bridgehead atoms. The Labute approximate surface area is 121 Å². The second-order valence-electron chi connectivity index (χ2n) is 4.79. The van der Waals surface area contributed by atoms with Gasteiger partial charge >= 0.3 is 0 Å². The molecule has 0 saturated carbocycles. The summed E-state index contributed by atoms with van der Waals surface area (Å²) in [4.78, 5) is 24.0. The molecule has 0 amide bonds. The second-order valence-corrected chi connectivity index (χ2v) is 4.79. The number of rotatable bonds is 10.